The number of guanidine groups is 1. The fraction of sp³-hybridized carbons (Fsp3) is 0. The second kappa shape index (κ2) is 6.42. The van der Waals surface area contributed by atoms with E-state index in [-0.39, 0.29) is 21.5 Å². The summed E-state index contributed by atoms with van der Waals surface area (Å²) in [7, 11) is 0. The molecule has 0 bridgehead atoms. The van der Waals surface area contributed by atoms with E-state index >= 15 is 0 Å². The van der Waals surface area contributed by atoms with Crippen LogP contribution in [0.3, 0.4) is 0 Å². The molecule has 0 unspecified atom stereocenters. The van der Waals surface area contributed by atoms with Crippen molar-refractivity contribution in [1.82, 2.24) is 5.43 Å². The van der Waals surface area contributed by atoms with E-state index in [0.717, 1.165) is 18.3 Å². The van der Waals surface area contributed by atoms with Crippen LogP contribution in [0.4, 0.5) is 5.69 Å². The van der Waals surface area contributed by atoms with E-state index in [4.69, 9.17) is 5.73 Å². The number of non-ortho nitro benzene ring substituents is 1. The van der Waals surface area contributed by atoms with Gasteiger partial charge in [0, 0.05) is 17.7 Å². The molecule has 0 aliphatic carbocycles. The Labute approximate surface area is 119 Å². The number of benzene rings is 1. The van der Waals surface area contributed by atoms with Crippen molar-refractivity contribution in [3.63, 3.8) is 0 Å². The number of rotatable bonds is 4. The highest BCUT2D eigenvalue weighted by atomic mass is 79.9. The molecule has 0 saturated heterocycles. The number of hydrogen-bond donors (Lipinski definition) is 3. The number of phenolic OH excluding ortho intramolecular Hbond substituents is 1. The molecule has 4 N–H and O–H groups in total. The van der Waals surface area contributed by atoms with Crippen LogP contribution in [0.1, 0.15) is 5.56 Å². The Morgan fingerprint density at radius 3 is 2.65 bits per heavy atom. The summed E-state index contributed by atoms with van der Waals surface area (Å²) in [4.78, 5) is 20.0. The maximum Gasteiger partial charge on any atom is 0.275 e. The number of hydrogen-bond acceptors (Lipinski definition) is 7. The molecule has 1 aromatic rings. The molecule has 0 fully saturated rings. The number of nitrogens with zero attached hydrogens (tertiary/aromatic N) is 4. The SMILES string of the molecule is NC(=N/N=C/c1cc([N+](=O)[O-])cc(Br)c1O)N[N+](=O)[O-]. The molecule has 0 aromatic heterocycles. The summed E-state index contributed by atoms with van der Waals surface area (Å²) >= 11 is 2.94. The maximum absolute atomic E-state index is 10.6. The summed E-state index contributed by atoms with van der Waals surface area (Å²) in [6.45, 7) is 0. The van der Waals surface area contributed by atoms with Gasteiger partial charge in [-0.2, -0.15) is 5.10 Å². The Kier molecular flexibility index (Phi) is 4.91. The highest BCUT2D eigenvalue weighted by Gasteiger charge is 2.13. The molecule has 12 heteroatoms. The van der Waals surface area contributed by atoms with Crippen LogP contribution in [0.15, 0.2) is 26.8 Å². The van der Waals surface area contributed by atoms with Crippen LogP contribution in [0.2, 0.25) is 0 Å². The zero-order valence-electron chi connectivity index (χ0n) is 9.56. The van der Waals surface area contributed by atoms with Gasteiger partial charge >= 0.3 is 0 Å². The first kappa shape index (κ1) is 15.3. The van der Waals surface area contributed by atoms with Crippen molar-refractivity contribution in [2.24, 2.45) is 15.9 Å². The standard InChI is InChI=1S/C8H7BrN6O5/c9-6-2-5(14(17)18)1-4(7(6)16)3-11-12-8(10)13-15(19)20/h1-3,16H,(H3,10,12,13)/b11-3+. The van der Waals surface area contributed by atoms with Crippen molar-refractivity contribution < 1.29 is 15.1 Å². The van der Waals surface area contributed by atoms with Crippen LogP contribution in [0, 0.1) is 20.2 Å². The minimum atomic E-state index is -0.935. The number of aromatic hydroxyl groups is 1. The van der Waals surface area contributed by atoms with E-state index in [0.29, 0.717) is 0 Å². The molecule has 1 rings (SSSR count). The van der Waals surface area contributed by atoms with Crippen LogP contribution in [0.5, 0.6) is 5.75 Å². The van der Waals surface area contributed by atoms with Crippen molar-refractivity contribution in [1.29, 1.82) is 0 Å². The lowest BCUT2D eigenvalue weighted by atomic mass is 10.2. The molecule has 0 heterocycles. The van der Waals surface area contributed by atoms with Gasteiger partial charge in [0.2, 0.25) is 0 Å². The number of nitro benzene ring substituents is 1. The molecule has 0 radical (unpaired) electrons. The van der Waals surface area contributed by atoms with Crippen LogP contribution in [-0.2, 0) is 0 Å². The van der Waals surface area contributed by atoms with Crippen LogP contribution < -0.4 is 11.2 Å². The van der Waals surface area contributed by atoms with Crippen molar-refractivity contribution >= 4 is 33.8 Å². The van der Waals surface area contributed by atoms with Crippen molar-refractivity contribution in [3.8, 4) is 5.75 Å². The minimum absolute atomic E-state index is 0.0104. The zero-order chi connectivity index (χ0) is 15.3. The van der Waals surface area contributed by atoms with Gasteiger partial charge < -0.3 is 10.8 Å². The Morgan fingerprint density at radius 1 is 1.45 bits per heavy atom. The predicted octanol–water partition coefficient (Wildman–Crippen LogP) is 0.493. The fourth-order valence-electron chi connectivity index (χ4n) is 1.08. The third-order valence-electron chi connectivity index (χ3n) is 1.86. The van der Waals surface area contributed by atoms with Gasteiger partial charge in [-0.05, 0) is 15.9 Å². The highest BCUT2D eigenvalue weighted by Crippen LogP contribution is 2.31. The highest BCUT2D eigenvalue weighted by molar-refractivity contribution is 9.10. The number of nitrogens with one attached hydrogen (secondary N) is 1. The lowest BCUT2D eigenvalue weighted by Gasteiger charge is -2.01. The molecular formula is C8H7BrN6O5. The average Bonchev–Trinajstić information content (AvgIpc) is 2.33. The number of nitrogens with two attached hydrogens (primary N) is 1. The Balaban J connectivity index is 3.03. The van der Waals surface area contributed by atoms with E-state index < -0.39 is 15.9 Å². The van der Waals surface area contributed by atoms with Crippen LogP contribution in [-0.4, -0.2) is 27.2 Å². The first-order valence-electron chi connectivity index (χ1n) is 4.75. The van der Waals surface area contributed by atoms with Gasteiger partial charge in [-0.15, -0.1) is 5.10 Å². The summed E-state index contributed by atoms with van der Waals surface area (Å²) in [6, 6.07) is 2.16. The molecule has 0 aliphatic heterocycles. The summed E-state index contributed by atoms with van der Waals surface area (Å²) in [6.07, 6.45) is 0.960. The molecule has 0 aliphatic rings. The van der Waals surface area contributed by atoms with Gasteiger partial charge in [-0.3, -0.25) is 10.1 Å². The summed E-state index contributed by atoms with van der Waals surface area (Å²) in [5, 5.41) is 36.0. The molecule has 106 valence electrons. The van der Waals surface area contributed by atoms with Gasteiger partial charge in [0.25, 0.3) is 11.6 Å². The largest absolute Gasteiger partial charge is 0.506 e. The van der Waals surface area contributed by atoms with Crippen molar-refractivity contribution in [2.45, 2.75) is 0 Å². The quantitative estimate of drug-likeness (QED) is 0.308. The van der Waals surface area contributed by atoms with E-state index in [1.807, 2.05) is 0 Å². The summed E-state index contributed by atoms with van der Waals surface area (Å²) < 4.78 is 0.0912. The minimum Gasteiger partial charge on any atom is -0.506 e. The Morgan fingerprint density at radius 2 is 2.10 bits per heavy atom. The van der Waals surface area contributed by atoms with Gasteiger partial charge in [0.1, 0.15) is 5.75 Å². The van der Waals surface area contributed by atoms with Gasteiger partial charge in [-0.25, -0.2) is 10.1 Å². The number of halogens is 1. The third kappa shape index (κ3) is 4.16. The molecule has 20 heavy (non-hydrogen) atoms. The van der Waals surface area contributed by atoms with Gasteiger partial charge in [0.15, 0.2) is 5.03 Å². The van der Waals surface area contributed by atoms with E-state index in [1.165, 1.54) is 0 Å². The first-order chi connectivity index (χ1) is 9.31. The number of hydrazine groups is 1. The monoisotopic (exact) mass is 346 g/mol. The predicted molar refractivity (Wildman–Crippen MR) is 71.8 cm³/mol. The number of nitro groups is 2. The molecule has 11 nitrogen and oxygen atoms in total. The lowest BCUT2D eigenvalue weighted by Crippen LogP contribution is -2.35. The van der Waals surface area contributed by atoms with Crippen LogP contribution >= 0.6 is 15.9 Å². The Hall–Kier alpha value is -2.76. The molecule has 1 aromatic carbocycles. The number of phenols is 1. The summed E-state index contributed by atoms with van der Waals surface area (Å²) in [5.41, 5.74) is 6.34. The fourth-order valence-corrected chi connectivity index (χ4v) is 1.54. The molecule has 0 amide bonds. The second-order valence-corrected chi connectivity index (χ2v) is 4.08. The molecule has 0 spiro atoms. The van der Waals surface area contributed by atoms with Gasteiger partial charge in [-0.1, -0.05) is 5.43 Å². The van der Waals surface area contributed by atoms with E-state index in [1.54, 1.807) is 5.43 Å². The molecular weight excluding hydrogens is 340 g/mol. The summed E-state index contributed by atoms with van der Waals surface area (Å²) in [5.74, 6) is -0.884. The van der Waals surface area contributed by atoms with Crippen molar-refractivity contribution in [3.05, 3.63) is 42.4 Å². The molecule has 0 atom stereocenters. The smallest absolute Gasteiger partial charge is 0.275 e. The Bertz CT molecular complexity index is 616. The van der Waals surface area contributed by atoms with E-state index in [9.17, 15) is 25.3 Å². The lowest BCUT2D eigenvalue weighted by molar-refractivity contribution is -0.525. The topological polar surface area (TPSA) is 169 Å². The normalized spacial score (nSPS) is 11.6. The van der Waals surface area contributed by atoms with Crippen LogP contribution in [0.25, 0.3) is 0 Å². The van der Waals surface area contributed by atoms with Crippen molar-refractivity contribution in [2.75, 3.05) is 0 Å². The third-order valence-corrected chi connectivity index (χ3v) is 2.46. The second-order valence-electron chi connectivity index (χ2n) is 3.22. The average molecular weight is 347 g/mol. The maximum atomic E-state index is 10.6. The van der Waals surface area contributed by atoms with E-state index in [2.05, 4.69) is 26.1 Å². The zero-order valence-corrected chi connectivity index (χ0v) is 11.1. The van der Waals surface area contributed by atoms with Gasteiger partial charge in [0.05, 0.1) is 15.6 Å². The first-order valence-corrected chi connectivity index (χ1v) is 5.55. The molecule has 0 saturated carbocycles.